The van der Waals surface area contributed by atoms with E-state index >= 15 is 0 Å². The summed E-state index contributed by atoms with van der Waals surface area (Å²) in [5.41, 5.74) is 14.5. The fourth-order valence-corrected chi connectivity index (χ4v) is 29.8. The van der Waals surface area contributed by atoms with E-state index in [0.717, 1.165) is 32.1 Å². The third kappa shape index (κ3) is 20.4. The van der Waals surface area contributed by atoms with E-state index in [1.807, 2.05) is 113 Å². The van der Waals surface area contributed by atoms with Gasteiger partial charge in [-0.2, -0.15) is 0 Å². The van der Waals surface area contributed by atoms with Crippen LogP contribution >= 0.6 is 136 Å². The zero-order valence-electron chi connectivity index (χ0n) is 66.1. The van der Waals surface area contributed by atoms with Crippen molar-refractivity contribution in [3.63, 3.8) is 0 Å². The van der Waals surface area contributed by atoms with Crippen molar-refractivity contribution in [2.24, 2.45) is 0 Å². The van der Waals surface area contributed by atoms with Crippen LogP contribution in [0.3, 0.4) is 0 Å². The summed E-state index contributed by atoms with van der Waals surface area (Å²) in [5, 5.41) is 0. The summed E-state index contributed by atoms with van der Waals surface area (Å²) in [6, 6.07) is 62.9. The van der Waals surface area contributed by atoms with Gasteiger partial charge in [-0.3, -0.25) is 0 Å². The summed E-state index contributed by atoms with van der Waals surface area (Å²) in [6.07, 6.45) is 37.4. The van der Waals surface area contributed by atoms with Gasteiger partial charge in [0.1, 0.15) is 0 Å². The van der Waals surface area contributed by atoms with E-state index in [9.17, 15) is 0 Å². The molecule has 0 radical (unpaired) electrons. The molecule has 0 atom stereocenters. The topological polar surface area (TPSA) is 0 Å². The SMILES string of the molecule is CCCCCCc1cc(C)sc1-c1ccc(-c2ccc(-c3sc(-c4cc(C)cc(-c5cc(CCCCCC)c(-c6ccc(-c7ccc(-c8sc(-c9cc(CCCCCC)c(-c%10ccc(-c%11ccc(-c%12sc(-c%13ccccc%13)cc%12CCCCCC)s%11)s%10)s9)cc8CCCCCC)s7)s6)s5)c4)cc3CCCCCC)s2)s1. The lowest BCUT2D eigenvalue weighted by molar-refractivity contribution is 0.668. The first kappa shape index (κ1) is 81.4. The molecule has 2 aromatic carbocycles. The molecule has 0 amide bonds. The Labute approximate surface area is 707 Å². The number of rotatable bonds is 43. The molecular formula is C98H110S12. The Hall–Kier alpha value is -5.16. The van der Waals surface area contributed by atoms with Gasteiger partial charge in [0.15, 0.2) is 0 Å². The zero-order chi connectivity index (χ0) is 75.7. The van der Waals surface area contributed by atoms with E-state index in [4.69, 9.17) is 0 Å². The monoisotopic (exact) mass is 1670 g/mol. The second kappa shape index (κ2) is 40.4. The lowest BCUT2D eigenvalue weighted by Crippen LogP contribution is -1.86. The fourth-order valence-electron chi connectivity index (χ4n) is 15.4. The molecule has 0 N–H and O–H groups in total. The molecule has 14 aromatic rings. The minimum absolute atomic E-state index is 1.12. The molecule has 0 fully saturated rings. The van der Waals surface area contributed by atoms with Gasteiger partial charge in [0.05, 0.1) is 0 Å². The molecule has 12 heteroatoms. The molecule has 0 saturated heterocycles. The number of aryl methyl sites for hydroxylation is 8. The molecule has 574 valence electrons. The van der Waals surface area contributed by atoms with Crippen molar-refractivity contribution in [2.75, 3.05) is 0 Å². The fraction of sp³-hybridized carbons (Fsp3) is 0.388. The number of unbranched alkanes of at least 4 members (excludes halogenated alkanes) is 18. The smallest absolute Gasteiger partial charge is 0.0481 e. The third-order valence-corrected chi connectivity index (χ3v) is 36.9. The maximum absolute atomic E-state index is 2.61. The van der Waals surface area contributed by atoms with Gasteiger partial charge < -0.3 is 0 Å². The van der Waals surface area contributed by atoms with Crippen molar-refractivity contribution in [3.05, 3.63) is 202 Å². The van der Waals surface area contributed by atoms with Gasteiger partial charge >= 0.3 is 0 Å². The highest BCUT2D eigenvalue weighted by molar-refractivity contribution is 7.32. The van der Waals surface area contributed by atoms with E-state index in [0.29, 0.717) is 0 Å². The Morgan fingerprint density at radius 1 is 0.182 bits per heavy atom. The molecule has 0 saturated carbocycles. The first-order chi connectivity index (χ1) is 54.0. The van der Waals surface area contributed by atoms with Crippen molar-refractivity contribution in [2.45, 2.75) is 248 Å². The normalized spacial score (nSPS) is 11.8. The van der Waals surface area contributed by atoms with E-state index < -0.39 is 0 Å². The molecule has 14 rings (SSSR count). The summed E-state index contributed by atoms with van der Waals surface area (Å²) in [6.45, 7) is 18.6. The lowest BCUT2D eigenvalue weighted by Gasteiger charge is -2.05. The van der Waals surface area contributed by atoms with Crippen LogP contribution < -0.4 is 0 Å². The summed E-state index contributed by atoms with van der Waals surface area (Å²) in [5.74, 6) is 0. The Balaban J connectivity index is 0.725. The number of hydrogen-bond donors (Lipinski definition) is 0. The molecule has 0 spiro atoms. The first-order valence-electron chi connectivity index (χ1n) is 41.6. The zero-order valence-corrected chi connectivity index (χ0v) is 75.9. The van der Waals surface area contributed by atoms with Crippen molar-refractivity contribution >= 4 is 136 Å². The minimum Gasteiger partial charge on any atom is -0.139 e. The first-order valence-corrected chi connectivity index (χ1v) is 51.4. The van der Waals surface area contributed by atoms with Crippen molar-refractivity contribution in [3.8, 4) is 129 Å². The maximum Gasteiger partial charge on any atom is 0.0481 e. The molecule has 0 aliphatic heterocycles. The Kier molecular flexibility index (Phi) is 29.9. The summed E-state index contributed by atoms with van der Waals surface area (Å²) in [7, 11) is 0. The van der Waals surface area contributed by atoms with Gasteiger partial charge in [-0.15, -0.1) is 136 Å². The van der Waals surface area contributed by atoms with Crippen molar-refractivity contribution in [1.29, 1.82) is 0 Å². The van der Waals surface area contributed by atoms with Crippen LogP contribution in [-0.4, -0.2) is 0 Å². The summed E-state index contributed by atoms with van der Waals surface area (Å²) < 4.78 is 0. The summed E-state index contributed by atoms with van der Waals surface area (Å²) >= 11 is 24.1. The van der Waals surface area contributed by atoms with Crippen LogP contribution in [-0.2, 0) is 38.5 Å². The Morgan fingerprint density at radius 2 is 0.418 bits per heavy atom. The van der Waals surface area contributed by atoms with Crippen LogP contribution in [0.1, 0.15) is 239 Å². The van der Waals surface area contributed by atoms with Gasteiger partial charge in [-0.1, -0.05) is 200 Å². The molecule has 0 aliphatic carbocycles. The minimum atomic E-state index is 1.12. The quantitative estimate of drug-likeness (QED) is 0.0334. The average Bonchev–Trinajstić information content (AvgIpc) is 1.63. The second-order valence-electron chi connectivity index (χ2n) is 30.3. The average molecular weight is 1670 g/mol. The van der Waals surface area contributed by atoms with Crippen molar-refractivity contribution < 1.29 is 0 Å². The molecule has 0 unspecified atom stereocenters. The summed E-state index contributed by atoms with van der Waals surface area (Å²) in [4.78, 5) is 34.1. The van der Waals surface area contributed by atoms with E-state index in [2.05, 4.69) is 236 Å². The van der Waals surface area contributed by atoms with Crippen LogP contribution in [0.4, 0.5) is 0 Å². The van der Waals surface area contributed by atoms with Crippen LogP contribution in [0.15, 0.2) is 158 Å². The molecular weight excluding hydrogens is 1560 g/mol. The van der Waals surface area contributed by atoms with Crippen LogP contribution in [0.5, 0.6) is 0 Å². The molecule has 0 nitrogen and oxygen atoms in total. The van der Waals surface area contributed by atoms with E-state index in [1.54, 1.807) is 5.56 Å². The Morgan fingerprint density at radius 3 is 0.700 bits per heavy atom. The number of thiophene rings is 12. The van der Waals surface area contributed by atoms with Crippen LogP contribution in [0.25, 0.3) is 129 Å². The van der Waals surface area contributed by atoms with Gasteiger partial charge in [-0.05, 0) is 262 Å². The third-order valence-electron chi connectivity index (χ3n) is 21.4. The highest BCUT2D eigenvalue weighted by Gasteiger charge is 2.25. The molecule has 12 aromatic heterocycles. The van der Waals surface area contributed by atoms with E-state index in [-0.39, 0.29) is 0 Å². The molecule has 12 heterocycles. The predicted octanol–water partition coefficient (Wildman–Crippen LogP) is 37.4. The molecule has 0 aliphatic rings. The van der Waals surface area contributed by atoms with E-state index in [1.165, 1.54) is 328 Å². The Bertz CT molecular complexity index is 5180. The molecule has 110 heavy (non-hydrogen) atoms. The van der Waals surface area contributed by atoms with Crippen molar-refractivity contribution in [1.82, 2.24) is 0 Å². The largest absolute Gasteiger partial charge is 0.139 e. The second-order valence-corrected chi connectivity index (χ2v) is 43.4. The van der Waals surface area contributed by atoms with Gasteiger partial charge in [0.25, 0.3) is 0 Å². The standard InChI is InChI=1S/C98H110S12/c1-9-15-21-28-38-68-58-66(8)99-93(68)82-50-44-76(100-82)77-46-52-84(102-77)95-70(40-30-23-17-11-3)61-89(107-95)74-56-65(7)57-75(59-74)90-62-71(41-31-24-18-12-4)96(108-90)85-53-47-79(103-85)81-49-55-87(105-81)98-73(43-33-26-20-14-6)64-92(110-98)91-63-72(42-32-25-19-13-5)97(109-91)86-54-48-80(104-86)78-45-51-83(101-78)94-69(39-29-22-16-10-2)60-88(106-94)67-36-34-27-35-37-67/h27,34-37,44-64H,9-26,28-33,38-43H2,1-8H3. The highest BCUT2D eigenvalue weighted by atomic mass is 32.1. The molecule has 0 bridgehead atoms. The maximum atomic E-state index is 2.61. The van der Waals surface area contributed by atoms with Gasteiger partial charge in [0.2, 0.25) is 0 Å². The van der Waals surface area contributed by atoms with Crippen LogP contribution in [0, 0.1) is 13.8 Å². The predicted molar refractivity (Wildman–Crippen MR) is 508 cm³/mol. The van der Waals surface area contributed by atoms with Gasteiger partial charge in [0, 0.05) is 117 Å². The number of hydrogen-bond acceptors (Lipinski definition) is 12. The lowest BCUT2D eigenvalue weighted by atomic mass is 10.0. The highest BCUT2D eigenvalue weighted by Crippen LogP contribution is 2.54. The number of benzene rings is 2. The van der Waals surface area contributed by atoms with Gasteiger partial charge in [-0.25, -0.2) is 0 Å². The van der Waals surface area contributed by atoms with Crippen LogP contribution in [0.2, 0.25) is 0 Å².